The van der Waals surface area contributed by atoms with Gasteiger partial charge in [0, 0.05) is 25.7 Å². The fourth-order valence-corrected chi connectivity index (χ4v) is 2.44. The SMILES string of the molecule is CCOCCN1CCC(NC)C(CC)C1. The number of nitrogens with zero attached hydrogens (tertiary/aromatic N) is 1. The first-order valence-corrected chi connectivity index (χ1v) is 6.29. The first-order valence-electron chi connectivity index (χ1n) is 6.29. The Hall–Kier alpha value is -0.120. The molecular formula is C12H26N2O. The van der Waals surface area contributed by atoms with Gasteiger partial charge in [0.15, 0.2) is 0 Å². The molecule has 3 heteroatoms. The van der Waals surface area contributed by atoms with Crippen LogP contribution >= 0.6 is 0 Å². The van der Waals surface area contributed by atoms with Crippen LogP contribution in [0.15, 0.2) is 0 Å². The standard InChI is InChI=1S/C12H26N2O/c1-4-11-10-14(8-9-15-5-2)7-6-12(11)13-3/h11-13H,4-10H2,1-3H3. The molecule has 0 amide bonds. The minimum atomic E-state index is 0.721. The largest absolute Gasteiger partial charge is 0.380 e. The summed E-state index contributed by atoms with van der Waals surface area (Å²) in [6, 6.07) is 0.721. The third-order valence-corrected chi connectivity index (χ3v) is 3.47. The highest BCUT2D eigenvalue weighted by molar-refractivity contribution is 4.83. The van der Waals surface area contributed by atoms with Crippen LogP contribution in [-0.2, 0) is 4.74 Å². The summed E-state index contributed by atoms with van der Waals surface area (Å²) in [7, 11) is 2.09. The molecule has 15 heavy (non-hydrogen) atoms. The number of hydrogen-bond acceptors (Lipinski definition) is 3. The molecule has 0 bridgehead atoms. The molecule has 0 aromatic rings. The van der Waals surface area contributed by atoms with Crippen molar-refractivity contribution < 1.29 is 4.74 Å². The van der Waals surface area contributed by atoms with Crippen molar-refractivity contribution in [2.75, 3.05) is 39.9 Å². The van der Waals surface area contributed by atoms with Crippen LogP contribution in [0.25, 0.3) is 0 Å². The smallest absolute Gasteiger partial charge is 0.0593 e. The van der Waals surface area contributed by atoms with Gasteiger partial charge in [-0.25, -0.2) is 0 Å². The van der Waals surface area contributed by atoms with E-state index in [4.69, 9.17) is 4.74 Å². The maximum atomic E-state index is 5.40. The van der Waals surface area contributed by atoms with Gasteiger partial charge in [-0.2, -0.15) is 0 Å². The minimum absolute atomic E-state index is 0.721. The highest BCUT2D eigenvalue weighted by Crippen LogP contribution is 2.19. The molecule has 1 aliphatic heterocycles. The van der Waals surface area contributed by atoms with Crippen molar-refractivity contribution in [2.45, 2.75) is 32.7 Å². The molecular weight excluding hydrogens is 188 g/mol. The topological polar surface area (TPSA) is 24.5 Å². The summed E-state index contributed by atoms with van der Waals surface area (Å²) in [5.41, 5.74) is 0. The molecule has 0 spiro atoms. The van der Waals surface area contributed by atoms with E-state index in [1.807, 2.05) is 0 Å². The molecule has 1 N–H and O–H groups in total. The maximum Gasteiger partial charge on any atom is 0.0593 e. The zero-order chi connectivity index (χ0) is 11.1. The number of likely N-dealkylation sites (tertiary alicyclic amines) is 1. The van der Waals surface area contributed by atoms with Gasteiger partial charge in [-0.1, -0.05) is 13.3 Å². The quantitative estimate of drug-likeness (QED) is 0.675. The zero-order valence-electron chi connectivity index (χ0n) is 10.5. The summed E-state index contributed by atoms with van der Waals surface area (Å²) in [6.45, 7) is 9.62. The first-order chi connectivity index (χ1) is 7.31. The lowest BCUT2D eigenvalue weighted by Crippen LogP contribution is -2.48. The Morgan fingerprint density at radius 3 is 2.80 bits per heavy atom. The summed E-state index contributed by atoms with van der Waals surface area (Å²) in [5, 5.41) is 3.43. The second-order valence-electron chi connectivity index (χ2n) is 4.35. The first kappa shape index (κ1) is 12.9. The zero-order valence-corrected chi connectivity index (χ0v) is 10.5. The van der Waals surface area contributed by atoms with E-state index in [9.17, 15) is 0 Å². The number of hydrogen-bond donors (Lipinski definition) is 1. The van der Waals surface area contributed by atoms with Gasteiger partial charge in [-0.05, 0) is 32.9 Å². The van der Waals surface area contributed by atoms with E-state index >= 15 is 0 Å². The van der Waals surface area contributed by atoms with Gasteiger partial charge in [0.1, 0.15) is 0 Å². The maximum absolute atomic E-state index is 5.40. The van der Waals surface area contributed by atoms with Crippen molar-refractivity contribution in [1.82, 2.24) is 10.2 Å². The monoisotopic (exact) mass is 214 g/mol. The summed E-state index contributed by atoms with van der Waals surface area (Å²) < 4.78 is 5.40. The molecule has 0 aromatic heterocycles. The summed E-state index contributed by atoms with van der Waals surface area (Å²) in [4.78, 5) is 2.54. The van der Waals surface area contributed by atoms with E-state index in [1.54, 1.807) is 0 Å². The third kappa shape index (κ3) is 4.09. The van der Waals surface area contributed by atoms with Crippen molar-refractivity contribution in [3.8, 4) is 0 Å². The Balaban J connectivity index is 2.26. The predicted octanol–water partition coefficient (Wildman–Crippen LogP) is 1.34. The summed E-state index contributed by atoms with van der Waals surface area (Å²) in [5.74, 6) is 0.811. The number of rotatable bonds is 6. The molecule has 2 unspecified atom stereocenters. The highest BCUT2D eigenvalue weighted by Gasteiger charge is 2.26. The van der Waals surface area contributed by atoms with Gasteiger partial charge >= 0.3 is 0 Å². The van der Waals surface area contributed by atoms with Gasteiger partial charge in [0.2, 0.25) is 0 Å². The van der Waals surface area contributed by atoms with Crippen molar-refractivity contribution in [2.24, 2.45) is 5.92 Å². The highest BCUT2D eigenvalue weighted by atomic mass is 16.5. The lowest BCUT2D eigenvalue weighted by molar-refractivity contribution is 0.0804. The Labute approximate surface area is 94.2 Å². The molecule has 1 heterocycles. The van der Waals surface area contributed by atoms with E-state index in [0.717, 1.165) is 31.7 Å². The average Bonchev–Trinajstić information content (AvgIpc) is 2.29. The Morgan fingerprint density at radius 2 is 2.20 bits per heavy atom. The van der Waals surface area contributed by atoms with Crippen molar-refractivity contribution >= 4 is 0 Å². The lowest BCUT2D eigenvalue weighted by Gasteiger charge is -2.38. The van der Waals surface area contributed by atoms with Crippen molar-refractivity contribution in [3.05, 3.63) is 0 Å². The molecule has 90 valence electrons. The Bertz CT molecular complexity index is 162. The van der Waals surface area contributed by atoms with Crippen LogP contribution in [0.3, 0.4) is 0 Å². The molecule has 0 radical (unpaired) electrons. The van der Waals surface area contributed by atoms with E-state index in [2.05, 4.69) is 31.1 Å². The van der Waals surface area contributed by atoms with Crippen LogP contribution in [0.4, 0.5) is 0 Å². The fourth-order valence-electron chi connectivity index (χ4n) is 2.44. The second kappa shape index (κ2) is 7.20. The number of piperidine rings is 1. The van der Waals surface area contributed by atoms with Crippen LogP contribution in [0.5, 0.6) is 0 Å². The molecule has 1 saturated heterocycles. The fraction of sp³-hybridized carbons (Fsp3) is 1.00. The average molecular weight is 214 g/mol. The van der Waals surface area contributed by atoms with Gasteiger partial charge < -0.3 is 15.0 Å². The molecule has 0 saturated carbocycles. The summed E-state index contributed by atoms with van der Waals surface area (Å²) >= 11 is 0. The van der Waals surface area contributed by atoms with Gasteiger partial charge in [-0.15, -0.1) is 0 Å². The molecule has 1 aliphatic rings. The number of ether oxygens (including phenoxy) is 1. The van der Waals surface area contributed by atoms with Crippen molar-refractivity contribution in [1.29, 1.82) is 0 Å². The molecule has 1 fully saturated rings. The molecule has 1 rings (SSSR count). The Kier molecular flexibility index (Phi) is 6.22. The van der Waals surface area contributed by atoms with Crippen LogP contribution in [0.2, 0.25) is 0 Å². The lowest BCUT2D eigenvalue weighted by atomic mass is 9.90. The van der Waals surface area contributed by atoms with E-state index in [-0.39, 0.29) is 0 Å². The Morgan fingerprint density at radius 1 is 1.40 bits per heavy atom. The third-order valence-electron chi connectivity index (χ3n) is 3.47. The van der Waals surface area contributed by atoms with Gasteiger partial charge in [0.25, 0.3) is 0 Å². The summed E-state index contributed by atoms with van der Waals surface area (Å²) in [6.07, 6.45) is 2.55. The van der Waals surface area contributed by atoms with Gasteiger partial charge in [0.05, 0.1) is 6.61 Å². The molecule has 2 atom stereocenters. The predicted molar refractivity (Wildman–Crippen MR) is 64.2 cm³/mol. The second-order valence-corrected chi connectivity index (χ2v) is 4.35. The van der Waals surface area contributed by atoms with Gasteiger partial charge in [-0.3, -0.25) is 0 Å². The normalized spacial score (nSPS) is 28.2. The van der Waals surface area contributed by atoms with Crippen LogP contribution in [0.1, 0.15) is 26.7 Å². The van der Waals surface area contributed by atoms with Crippen LogP contribution in [-0.4, -0.2) is 50.8 Å². The van der Waals surface area contributed by atoms with Crippen LogP contribution in [0, 0.1) is 5.92 Å². The minimum Gasteiger partial charge on any atom is -0.380 e. The molecule has 3 nitrogen and oxygen atoms in total. The number of nitrogens with one attached hydrogen (secondary N) is 1. The van der Waals surface area contributed by atoms with E-state index < -0.39 is 0 Å². The van der Waals surface area contributed by atoms with Crippen molar-refractivity contribution in [3.63, 3.8) is 0 Å². The van der Waals surface area contributed by atoms with E-state index in [1.165, 1.54) is 25.9 Å². The van der Waals surface area contributed by atoms with Crippen LogP contribution < -0.4 is 5.32 Å². The van der Waals surface area contributed by atoms with E-state index in [0.29, 0.717) is 0 Å². The molecule has 0 aliphatic carbocycles. The molecule has 0 aromatic carbocycles.